The zero-order valence-corrected chi connectivity index (χ0v) is 18.0. The first kappa shape index (κ1) is 17.5. The molecule has 30 heavy (non-hydrogen) atoms. The highest BCUT2D eigenvalue weighted by atomic mass is 14.9. The van der Waals surface area contributed by atoms with Crippen molar-refractivity contribution in [1.82, 2.24) is 4.57 Å². The van der Waals surface area contributed by atoms with Crippen LogP contribution in [0.2, 0.25) is 0 Å². The number of benzene rings is 4. The van der Waals surface area contributed by atoms with Gasteiger partial charge in [0.15, 0.2) is 0 Å². The van der Waals surface area contributed by atoms with Crippen LogP contribution < -0.4 is 0 Å². The van der Waals surface area contributed by atoms with Crippen molar-refractivity contribution in [3.05, 3.63) is 95.6 Å². The van der Waals surface area contributed by atoms with Gasteiger partial charge in [-0.2, -0.15) is 0 Å². The lowest BCUT2D eigenvalue weighted by molar-refractivity contribution is 0.660. The Morgan fingerprint density at radius 3 is 2.27 bits per heavy atom. The lowest BCUT2D eigenvalue weighted by Gasteiger charge is -2.22. The molecule has 0 N–H and O–H groups in total. The molecule has 1 heterocycles. The second-order valence-electron chi connectivity index (χ2n) is 9.19. The minimum absolute atomic E-state index is 0.0243. The van der Waals surface area contributed by atoms with Crippen molar-refractivity contribution in [2.24, 2.45) is 7.05 Å². The van der Waals surface area contributed by atoms with Gasteiger partial charge in [-0.25, -0.2) is 0 Å². The fourth-order valence-electron chi connectivity index (χ4n) is 5.49. The number of aromatic nitrogens is 1. The van der Waals surface area contributed by atoms with Gasteiger partial charge in [0.25, 0.3) is 0 Å². The average Bonchev–Trinajstić information content (AvgIpc) is 3.18. The van der Waals surface area contributed by atoms with Crippen LogP contribution in [0.3, 0.4) is 0 Å². The van der Waals surface area contributed by atoms with Crippen molar-refractivity contribution in [1.29, 1.82) is 0 Å². The normalized spacial score (nSPS) is 14.3. The molecule has 1 heteroatoms. The molecule has 0 saturated carbocycles. The van der Waals surface area contributed by atoms with Gasteiger partial charge in [-0.05, 0) is 64.1 Å². The third kappa shape index (κ3) is 2.18. The van der Waals surface area contributed by atoms with Crippen LogP contribution >= 0.6 is 0 Å². The number of hydrogen-bond donors (Lipinski definition) is 0. The second kappa shape index (κ2) is 5.86. The number of fused-ring (bicyclic) bond motifs is 6. The second-order valence-corrected chi connectivity index (χ2v) is 9.19. The van der Waals surface area contributed by atoms with E-state index in [1.54, 1.807) is 0 Å². The van der Waals surface area contributed by atoms with Crippen LogP contribution in [0, 0.1) is 6.92 Å². The van der Waals surface area contributed by atoms with E-state index in [1.165, 1.54) is 60.8 Å². The van der Waals surface area contributed by atoms with E-state index in [0.29, 0.717) is 0 Å². The molecule has 0 amide bonds. The summed E-state index contributed by atoms with van der Waals surface area (Å²) in [4.78, 5) is 0. The smallest absolute Gasteiger partial charge is 0.0494 e. The summed E-state index contributed by atoms with van der Waals surface area (Å²) in [6, 6.07) is 29.3. The summed E-state index contributed by atoms with van der Waals surface area (Å²) in [5, 5.41) is 2.64. The topological polar surface area (TPSA) is 4.93 Å². The van der Waals surface area contributed by atoms with E-state index in [4.69, 9.17) is 0 Å². The number of nitrogens with zero attached hydrogens (tertiary/aromatic N) is 1. The number of aryl methyl sites for hydroxylation is 2. The van der Waals surface area contributed by atoms with Crippen molar-refractivity contribution in [3.8, 4) is 22.3 Å². The quantitative estimate of drug-likeness (QED) is 0.279. The van der Waals surface area contributed by atoms with E-state index >= 15 is 0 Å². The third-order valence-corrected chi connectivity index (χ3v) is 7.16. The van der Waals surface area contributed by atoms with Crippen LogP contribution in [0.5, 0.6) is 0 Å². The first-order valence-electron chi connectivity index (χ1n) is 10.7. The molecule has 5 aromatic rings. The SMILES string of the molecule is Cc1cccc2c1-c1ccc(-c3ccc4c5ccccc5n(C)c4c3)cc1C2(C)C. The maximum absolute atomic E-state index is 2.42. The molecule has 146 valence electrons. The molecule has 1 aliphatic rings. The molecule has 0 unspecified atom stereocenters. The van der Waals surface area contributed by atoms with Gasteiger partial charge >= 0.3 is 0 Å². The van der Waals surface area contributed by atoms with Crippen molar-refractivity contribution in [2.45, 2.75) is 26.2 Å². The Morgan fingerprint density at radius 2 is 1.40 bits per heavy atom. The Hall–Kier alpha value is -3.32. The monoisotopic (exact) mass is 387 g/mol. The standard InChI is InChI=1S/C29H25N/c1-18-8-7-10-24-28(18)23-15-13-19(16-25(23)29(24,2)3)20-12-14-22-21-9-5-6-11-26(21)30(4)27(22)17-20/h5-17H,1-4H3. The fraction of sp³-hybridized carbons (Fsp3) is 0.172. The van der Waals surface area contributed by atoms with E-state index < -0.39 is 0 Å². The van der Waals surface area contributed by atoms with E-state index in [9.17, 15) is 0 Å². The van der Waals surface area contributed by atoms with Gasteiger partial charge in [0.05, 0.1) is 0 Å². The summed E-state index contributed by atoms with van der Waals surface area (Å²) in [6.45, 7) is 6.94. The van der Waals surface area contributed by atoms with Gasteiger partial charge in [-0.3, -0.25) is 0 Å². The zero-order chi connectivity index (χ0) is 20.6. The van der Waals surface area contributed by atoms with Gasteiger partial charge in [0.1, 0.15) is 0 Å². The van der Waals surface area contributed by atoms with Gasteiger partial charge < -0.3 is 4.57 Å². The van der Waals surface area contributed by atoms with Gasteiger partial charge in [0, 0.05) is 34.3 Å². The van der Waals surface area contributed by atoms with Crippen molar-refractivity contribution >= 4 is 21.8 Å². The summed E-state index contributed by atoms with van der Waals surface area (Å²) in [5.41, 5.74) is 12.2. The Morgan fingerprint density at radius 1 is 0.667 bits per heavy atom. The number of rotatable bonds is 1. The van der Waals surface area contributed by atoms with E-state index in [-0.39, 0.29) is 5.41 Å². The van der Waals surface area contributed by atoms with E-state index in [1.807, 2.05) is 0 Å². The number of hydrogen-bond acceptors (Lipinski definition) is 0. The largest absolute Gasteiger partial charge is 0.344 e. The van der Waals surface area contributed by atoms with Gasteiger partial charge in [0.2, 0.25) is 0 Å². The molecule has 0 fully saturated rings. The van der Waals surface area contributed by atoms with E-state index in [2.05, 4.69) is 111 Å². The van der Waals surface area contributed by atoms with Crippen LogP contribution in [-0.4, -0.2) is 4.57 Å². The minimum Gasteiger partial charge on any atom is -0.344 e. The lowest BCUT2D eigenvalue weighted by Crippen LogP contribution is -2.15. The van der Waals surface area contributed by atoms with Crippen molar-refractivity contribution < 1.29 is 0 Å². The predicted molar refractivity (Wildman–Crippen MR) is 128 cm³/mol. The first-order chi connectivity index (χ1) is 14.5. The van der Waals surface area contributed by atoms with Gasteiger partial charge in [-0.15, -0.1) is 0 Å². The average molecular weight is 388 g/mol. The molecule has 1 nitrogen and oxygen atoms in total. The molecule has 0 radical (unpaired) electrons. The van der Waals surface area contributed by atoms with E-state index in [0.717, 1.165) is 0 Å². The highest BCUT2D eigenvalue weighted by Gasteiger charge is 2.36. The molecule has 0 bridgehead atoms. The first-order valence-corrected chi connectivity index (χ1v) is 10.7. The highest BCUT2D eigenvalue weighted by molar-refractivity contribution is 6.09. The summed E-state index contributed by atoms with van der Waals surface area (Å²) in [7, 11) is 2.17. The molecule has 0 spiro atoms. The number of para-hydroxylation sites is 1. The molecular formula is C29H25N. The minimum atomic E-state index is 0.0243. The molecular weight excluding hydrogens is 362 g/mol. The van der Waals surface area contributed by atoms with Crippen LogP contribution in [-0.2, 0) is 12.5 Å². The third-order valence-electron chi connectivity index (χ3n) is 7.16. The van der Waals surface area contributed by atoms with Crippen LogP contribution in [0.25, 0.3) is 44.1 Å². The summed E-state index contributed by atoms with van der Waals surface area (Å²) in [6.07, 6.45) is 0. The Balaban J connectivity index is 1.56. The van der Waals surface area contributed by atoms with Crippen LogP contribution in [0.1, 0.15) is 30.5 Å². The summed E-state index contributed by atoms with van der Waals surface area (Å²) in [5.74, 6) is 0. The van der Waals surface area contributed by atoms with Crippen molar-refractivity contribution in [2.75, 3.05) is 0 Å². The highest BCUT2D eigenvalue weighted by Crippen LogP contribution is 2.50. The maximum Gasteiger partial charge on any atom is 0.0494 e. The Kier molecular flexibility index (Phi) is 3.42. The molecule has 0 atom stereocenters. The van der Waals surface area contributed by atoms with Crippen LogP contribution in [0.15, 0.2) is 78.9 Å². The molecule has 6 rings (SSSR count). The maximum atomic E-state index is 2.42. The lowest BCUT2D eigenvalue weighted by atomic mass is 9.81. The van der Waals surface area contributed by atoms with Gasteiger partial charge in [-0.1, -0.05) is 74.5 Å². The van der Waals surface area contributed by atoms with Crippen LogP contribution in [0.4, 0.5) is 0 Å². The molecule has 0 aliphatic heterocycles. The summed E-state index contributed by atoms with van der Waals surface area (Å²) >= 11 is 0. The summed E-state index contributed by atoms with van der Waals surface area (Å²) < 4.78 is 2.31. The predicted octanol–water partition coefficient (Wildman–Crippen LogP) is 7.61. The zero-order valence-electron chi connectivity index (χ0n) is 18.0. The Bertz CT molecular complexity index is 1480. The molecule has 1 aromatic heterocycles. The fourth-order valence-corrected chi connectivity index (χ4v) is 5.49. The molecule has 4 aromatic carbocycles. The molecule has 0 saturated heterocycles. The Labute approximate surface area is 177 Å². The molecule has 1 aliphatic carbocycles. The van der Waals surface area contributed by atoms with Crippen molar-refractivity contribution in [3.63, 3.8) is 0 Å².